The molecular formula is C17H30N2O. The number of ether oxygens (including phenoxy) is 1. The highest BCUT2D eigenvalue weighted by atomic mass is 16.5. The van der Waals surface area contributed by atoms with Gasteiger partial charge in [0.1, 0.15) is 12.4 Å². The van der Waals surface area contributed by atoms with Gasteiger partial charge in [-0.05, 0) is 51.1 Å². The van der Waals surface area contributed by atoms with E-state index in [4.69, 9.17) is 4.74 Å². The SMILES string of the molecule is CCCNCc1ccc(OCCN(CC)C(C)C)cc1. The van der Waals surface area contributed by atoms with Crippen LogP contribution >= 0.6 is 0 Å². The Kier molecular flexibility index (Phi) is 8.31. The maximum atomic E-state index is 5.81. The first-order valence-electron chi connectivity index (χ1n) is 7.83. The molecule has 0 spiro atoms. The molecule has 20 heavy (non-hydrogen) atoms. The molecule has 1 aromatic carbocycles. The molecule has 0 aliphatic rings. The summed E-state index contributed by atoms with van der Waals surface area (Å²) >= 11 is 0. The highest BCUT2D eigenvalue weighted by molar-refractivity contribution is 5.27. The van der Waals surface area contributed by atoms with E-state index in [0.29, 0.717) is 6.04 Å². The van der Waals surface area contributed by atoms with Crippen molar-refractivity contribution in [3.63, 3.8) is 0 Å². The molecule has 1 N–H and O–H groups in total. The van der Waals surface area contributed by atoms with Gasteiger partial charge in [0, 0.05) is 19.1 Å². The molecule has 0 amide bonds. The van der Waals surface area contributed by atoms with Crippen LogP contribution in [-0.4, -0.2) is 37.2 Å². The molecule has 0 fully saturated rings. The second kappa shape index (κ2) is 9.78. The minimum Gasteiger partial charge on any atom is -0.492 e. The van der Waals surface area contributed by atoms with Crippen LogP contribution in [0.4, 0.5) is 0 Å². The number of rotatable bonds is 10. The maximum absolute atomic E-state index is 5.81. The summed E-state index contributed by atoms with van der Waals surface area (Å²) in [5, 5.41) is 3.40. The molecule has 0 radical (unpaired) electrons. The van der Waals surface area contributed by atoms with Crippen LogP contribution in [0.15, 0.2) is 24.3 Å². The van der Waals surface area contributed by atoms with Crippen molar-refractivity contribution in [1.82, 2.24) is 10.2 Å². The van der Waals surface area contributed by atoms with Gasteiger partial charge in [-0.25, -0.2) is 0 Å². The fourth-order valence-electron chi connectivity index (χ4n) is 2.18. The number of hydrogen-bond acceptors (Lipinski definition) is 3. The second-order valence-electron chi connectivity index (χ2n) is 5.39. The first kappa shape index (κ1) is 17.0. The van der Waals surface area contributed by atoms with Gasteiger partial charge in [-0.1, -0.05) is 26.0 Å². The van der Waals surface area contributed by atoms with Crippen LogP contribution in [0, 0.1) is 0 Å². The summed E-state index contributed by atoms with van der Waals surface area (Å²) in [6.07, 6.45) is 1.17. The second-order valence-corrected chi connectivity index (χ2v) is 5.39. The van der Waals surface area contributed by atoms with Crippen molar-refractivity contribution in [2.75, 3.05) is 26.2 Å². The molecular weight excluding hydrogens is 248 g/mol. The molecule has 3 nitrogen and oxygen atoms in total. The molecule has 0 atom stereocenters. The first-order chi connectivity index (χ1) is 9.67. The van der Waals surface area contributed by atoms with Crippen molar-refractivity contribution in [1.29, 1.82) is 0 Å². The van der Waals surface area contributed by atoms with Gasteiger partial charge in [0.2, 0.25) is 0 Å². The molecule has 0 aliphatic carbocycles. The molecule has 0 bridgehead atoms. The number of nitrogens with one attached hydrogen (secondary N) is 1. The standard InChI is InChI=1S/C17H30N2O/c1-5-11-18-14-16-7-9-17(10-8-16)20-13-12-19(6-2)15(3)4/h7-10,15,18H,5-6,11-14H2,1-4H3. The smallest absolute Gasteiger partial charge is 0.119 e. The third-order valence-corrected chi connectivity index (χ3v) is 3.46. The average molecular weight is 278 g/mol. The Morgan fingerprint density at radius 2 is 1.85 bits per heavy atom. The minimum absolute atomic E-state index is 0.579. The normalized spacial score (nSPS) is 11.3. The van der Waals surface area contributed by atoms with Crippen LogP contribution in [0.3, 0.4) is 0 Å². The maximum Gasteiger partial charge on any atom is 0.119 e. The van der Waals surface area contributed by atoms with Crippen molar-refractivity contribution in [2.45, 2.75) is 46.7 Å². The van der Waals surface area contributed by atoms with Gasteiger partial charge < -0.3 is 10.1 Å². The number of benzene rings is 1. The Hall–Kier alpha value is -1.06. The van der Waals surface area contributed by atoms with E-state index in [0.717, 1.165) is 38.5 Å². The molecule has 114 valence electrons. The summed E-state index contributed by atoms with van der Waals surface area (Å²) < 4.78 is 5.81. The van der Waals surface area contributed by atoms with Crippen LogP contribution < -0.4 is 10.1 Å². The van der Waals surface area contributed by atoms with E-state index in [1.807, 2.05) is 0 Å². The molecule has 0 saturated heterocycles. The molecule has 1 rings (SSSR count). The van der Waals surface area contributed by atoms with Crippen molar-refractivity contribution in [3.8, 4) is 5.75 Å². The number of likely N-dealkylation sites (N-methyl/N-ethyl adjacent to an activating group) is 1. The fourth-order valence-corrected chi connectivity index (χ4v) is 2.18. The van der Waals surface area contributed by atoms with Crippen molar-refractivity contribution >= 4 is 0 Å². The van der Waals surface area contributed by atoms with E-state index in [2.05, 4.69) is 62.2 Å². The Balaban J connectivity index is 2.30. The lowest BCUT2D eigenvalue weighted by Crippen LogP contribution is -2.34. The van der Waals surface area contributed by atoms with Gasteiger partial charge in [0.05, 0.1) is 0 Å². The summed E-state index contributed by atoms with van der Waals surface area (Å²) in [4.78, 5) is 2.41. The van der Waals surface area contributed by atoms with Crippen LogP contribution in [0.2, 0.25) is 0 Å². The molecule has 3 heteroatoms. The quantitative estimate of drug-likeness (QED) is 0.665. The van der Waals surface area contributed by atoms with E-state index in [-0.39, 0.29) is 0 Å². The van der Waals surface area contributed by atoms with E-state index in [1.165, 1.54) is 12.0 Å². The lowest BCUT2D eigenvalue weighted by molar-refractivity contribution is 0.183. The highest BCUT2D eigenvalue weighted by Gasteiger charge is 2.06. The van der Waals surface area contributed by atoms with E-state index in [1.54, 1.807) is 0 Å². The molecule has 0 aromatic heterocycles. The predicted molar refractivity (Wildman–Crippen MR) is 86.3 cm³/mol. The third kappa shape index (κ3) is 6.40. The number of hydrogen-bond donors (Lipinski definition) is 1. The Labute approximate surface area is 124 Å². The topological polar surface area (TPSA) is 24.5 Å². The Bertz CT molecular complexity index is 349. The Morgan fingerprint density at radius 1 is 1.15 bits per heavy atom. The van der Waals surface area contributed by atoms with Gasteiger partial charge in [0.25, 0.3) is 0 Å². The fraction of sp³-hybridized carbons (Fsp3) is 0.647. The van der Waals surface area contributed by atoms with Gasteiger partial charge >= 0.3 is 0 Å². The zero-order valence-corrected chi connectivity index (χ0v) is 13.5. The average Bonchev–Trinajstić information content (AvgIpc) is 2.45. The summed E-state index contributed by atoms with van der Waals surface area (Å²) in [7, 11) is 0. The highest BCUT2D eigenvalue weighted by Crippen LogP contribution is 2.12. The Morgan fingerprint density at radius 3 is 2.40 bits per heavy atom. The van der Waals surface area contributed by atoms with E-state index < -0.39 is 0 Å². The van der Waals surface area contributed by atoms with E-state index >= 15 is 0 Å². The molecule has 0 aliphatic heterocycles. The molecule has 0 saturated carbocycles. The lowest BCUT2D eigenvalue weighted by atomic mass is 10.2. The van der Waals surface area contributed by atoms with Crippen molar-refractivity contribution in [2.24, 2.45) is 0 Å². The lowest BCUT2D eigenvalue weighted by Gasteiger charge is -2.24. The van der Waals surface area contributed by atoms with E-state index in [9.17, 15) is 0 Å². The first-order valence-corrected chi connectivity index (χ1v) is 7.83. The molecule has 0 heterocycles. The zero-order chi connectivity index (χ0) is 14.8. The van der Waals surface area contributed by atoms with Crippen LogP contribution in [-0.2, 0) is 6.54 Å². The van der Waals surface area contributed by atoms with Gasteiger partial charge in [0.15, 0.2) is 0 Å². The van der Waals surface area contributed by atoms with Crippen molar-refractivity contribution in [3.05, 3.63) is 29.8 Å². The molecule has 0 unspecified atom stereocenters. The summed E-state index contributed by atoms with van der Waals surface area (Å²) in [5.41, 5.74) is 1.31. The number of nitrogens with zero attached hydrogens (tertiary/aromatic N) is 1. The monoisotopic (exact) mass is 278 g/mol. The van der Waals surface area contributed by atoms with Crippen LogP contribution in [0.25, 0.3) is 0 Å². The predicted octanol–water partition coefficient (Wildman–Crippen LogP) is 3.30. The van der Waals surface area contributed by atoms with Gasteiger partial charge in [-0.15, -0.1) is 0 Å². The zero-order valence-electron chi connectivity index (χ0n) is 13.5. The summed E-state index contributed by atoms with van der Waals surface area (Å²) in [6, 6.07) is 8.98. The summed E-state index contributed by atoms with van der Waals surface area (Å²) in [6.45, 7) is 13.6. The van der Waals surface area contributed by atoms with Crippen molar-refractivity contribution < 1.29 is 4.74 Å². The third-order valence-electron chi connectivity index (χ3n) is 3.46. The van der Waals surface area contributed by atoms with Crippen LogP contribution in [0.1, 0.15) is 39.7 Å². The minimum atomic E-state index is 0.579. The van der Waals surface area contributed by atoms with Gasteiger partial charge in [-0.3, -0.25) is 4.90 Å². The molecule has 1 aromatic rings. The largest absolute Gasteiger partial charge is 0.492 e. The summed E-state index contributed by atoms with van der Waals surface area (Å²) in [5.74, 6) is 0.962. The van der Waals surface area contributed by atoms with Crippen LogP contribution in [0.5, 0.6) is 5.75 Å². The van der Waals surface area contributed by atoms with Gasteiger partial charge in [-0.2, -0.15) is 0 Å².